The second kappa shape index (κ2) is 14.1. The molecule has 0 aliphatic heterocycles. The summed E-state index contributed by atoms with van der Waals surface area (Å²) in [6.07, 6.45) is 2.80. The van der Waals surface area contributed by atoms with Crippen LogP contribution in [-0.2, 0) is 18.6 Å². The maximum absolute atomic E-state index is 15.1. The Morgan fingerprint density at radius 1 is 0.976 bits per heavy atom. The van der Waals surface area contributed by atoms with E-state index >= 15 is 4.21 Å². The first-order chi connectivity index (χ1) is 19.0. The van der Waals surface area contributed by atoms with E-state index < -0.39 is 32.5 Å². The topological polar surface area (TPSA) is 68.1 Å². The van der Waals surface area contributed by atoms with Crippen LogP contribution >= 0.6 is 0 Å². The summed E-state index contributed by atoms with van der Waals surface area (Å²) >= 11 is 0. The summed E-state index contributed by atoms with van der Waals surface area (Å²) in [7, 11) is -6.99. The molecule has 1 N–H and O–H groups in total. The number of aliphatic hydroxyl groups excluding tert-OH is 1. The Morgan fingerprint density at radius 2 is 1.52 bits per heavy atom. The lowest BCUT2D eigenvalue weighted by atomic mass is 9.80. The highest BCUT2D eigenvalue weighted by Gasteiger charge is 2.42. The SMILES string of the molecule is Cc1ccc(S(=O)(/C=C2\CCCC[C@@H]2[C@H](O)[C@@H](C)O[Si](C)(C)C(C)(C)C)=N[C@@H](CO[Si](C)(C)C(C)(C)C)C(C)C)cc1. The van der Waals surface area contributed by atoms with Crippen molar-refractivity contribution in [2.75, 3.05) is 6.61 Å². The predicted molar refractivity (Wildman–Crippen MR) is 186 cm³/mol. The molecular formula is C34H63NO4SSi2. The number of benzene rings is 1. The number of rotatable bonds is 11. The third-order valence-corrected chi connectivity index (χ3v) is 21.3. The molecule has 0 bridgehead atoms. The third-order valence-electron chi connectivity index (χ3n) is 10.0. The van der Waals surface area contributed by atoms with Crippen molar-refractivity contribution < 1.29 is 18.2 Å². The zero-order chi connectivity index (χ0) is 32.3. The van der Waals surface area contributed by atoms with E-state index in [1.165, 1.54) is 0 Å². The average Bonchev–Trinajstić information content (AvgIpc) is 2.85. The Labute approximate surface area is 261 Å². The Hall–Kier alpha value is -0.776. The summed E-state index contributed by atoms with van der Waals surface area (Å²) in [6.45, 7) is 31.2. The van der Waals surface area contributed by atoms with Crippen molar-refractivity contribution in [1.82, 2.24) is 0 Å². The lowest BCUT2D eigenvalue weighted by molar-refractivity contribution is 0.00326. The van der Waals surface area contributed by atoms with Gasteiger partial charge in [0.15, 0.2) is 16.6 Å². The molecule has 0 saturated heterocycles. The van der Waals surface area contributed by atoms with Gasteiger partial charge in [0.1, 0.15) is 0 Å². The van der Waals surface area contributed by atoms with Crippen LogP contribution in [-0.4, -0.2) is 50.8 Å². The van der Waals surface area contributed by atoms with E-state index in [0.29, 0.717) is 6.61 Å². The maximum Gasteiger partial charge on any atom is 0.192 e. The first-order valence-electron chi connectivity index (χ1n) is 16.0. The summed E-state index contributed by atoms with van der Waals surface area (Å²) in [6, 6.07) is 7.74. The average molecular weight is 638 g/mol. The van der Waals surface area contributed by atoms with Crippen LogP contribution in [0.2, 0.25) is 36.3 Å². The van der Waals surface area contributed by atoms with Crippen molar-refractivity contribution >= 4 is 26.4 Å². The third kappa shape index (κ3) is 9.61. The van der Waals surface area contributed by atoms with Crippen molar-refractivity contribution in [3.8, 4) is 0 Å². The molecule has 5 nitrogen and oxygen atoms in total. The van der Waals surface area contributed by atoms with Gasteiger partial charge >= 0.3 is 0 Å². The molecule has 1 unspecified atom stereocenters. The molecule has 8 heteroatoms. The monoisotopic (exact) mass is 637 g/mol. The van der Waals surface area contributed by atoms with Crippen molar-refractivity contribution in [3.05, 3.63) is 40.8 Å². The Bertz CT molecular complexity index is 1170. The molecule has 1 fully saturated rings. The molecule has 0 heterocycles. The summed E-state index contributed by atoms with van der Waals surface area (Å²) in [4.78, 5) is 0.725. The molecule has 0 radical (unpaired) electrons. The highest BCUT2D eigenvalue weighted by Crippen LogP contribution is 2.41. The van der Waals surface area contributed by atoms with E-state index in [9.17, 15) is 5.11 Å². The standard InChI is InChI=1S/C34H63NO4SSi2/c1-25(2)31(23-38-41(11,12)33(5,6)7)35-40(37,29-21-19-26(3)20-22-29)24-28-17-15-16-18-30(28)32(36)27(4)39-42(13,14)34(8,9)10/h19-22,24-25,27,30-32,36H,15-18,23H2,1-14H3/b28-24+/t27-,30+,31+,32-,40?/m1/s1. The number of hydrogen-bond donors (Lipinski definition) is 1. The predicted octanol–water partition coefficient (Wildman–Crippen LogP) is 9.71. The van der Waals surface area contributed by atoms with Crippen molar-refractivity contribution in [1.29, 1.82) is 0 Å². The molecule has 242 valence electrons. The fraction of sp³-hybridized carbons (Fsp3) is 0.765. The van der Waals surface area contributed by atoms with Crippen molar-refractivity contribution in [2.45, 2.75) is 154 Å². The molecule has 1 aromatic rings. The minimum Gasteiger partial charge on any atom is -0.415 e. The number of nitrogens with zero attached hydrogens (tertiary/aromatic N) is 1. The number of hydrogen-bond acceptors (Lipinski definition) is 5. The van der Waals surface area contributed by atoms with Crippen LogP contribution in [0.3, 0.4) is 0 Å². The molecule has 1 saturated carbocycles. The first-order valence-corrected chi connectivity index (χ1v) is 23.4. The van der Waals surface area contributed by atoms with Crippen LogP contribution in [0.15, 0.2) is 44.5 Å². The van der Waals surface area contributed by atoms with Crippen LogP contribution in [0.4, 0.5) is 0 Å². The van der Waals surface area contributed by atoms with Crippen molar-refractivity contribution in [2.24, 2.45) is 16.2 Å². The zero-order valence-electron chi connectivity index (χ0n) is 29.3. The minimum absolute atomic E-state index is 0.0587. The van der Waals surface area contributed by atoms with E-state index in [-0.39, 0.29) is 34.1 Å². The lowest BCUT2D eigenvalue weighted by Crippen LogP contribution is -2.48. The van der Waals surface area contributed by atoms with Crippen LogP contribution in [0.25, 0.3) is 0 Å². The molecule has 42 heavy (non-hydrogen) atoms. The van der Waals surface area contributed by atoms with Gasteiger partial charge in [0.05, 0.1) is 39.5 Å². The van der Waals surface area contributed by atoms with Crippen LogP contribution in [0, 0.1) is 18.8 Å². The van der Waals surface area contributed by atoms with Gasteiger partial charge in [-0.3, -0.25) is 0 Å². The van der Waals surface area contributed by atoms with E-state index in [1.54, 1.807) is 0 Å². The van der Waals surface area contributed by atoms with Gasteiger partial charge < -0.3 is 14.0 Å². The smallest absolute Gasteiger partial charge is 0.192 e. The summed E-state index contributed by atoms with van der Waals surface area (Å²) in [5.74, 6) is 0.0752. The molecule has 0 amide bonds. The molecule has 1 aromatic carbocycles. The molecule has 0 aromatic heterocycles. The lowest BCUT2D eigenvalue weighted by Gasteiger charge is -2.41. The van der Waals surface area contributed by atoms with E-state index in [0.717, 1.165) is 41.7 Å². The van der Waals surface area contributed by atoms with E-state index in [1.807, 2.05) is 43.5 Å². The fourth-order valence-electron chi connectivity index (χ4n) is 4.79. The fourth-order valence-corrected chi connectivity index (χ4v) is 9.49. The molecule has 1 aliphatic rings. The highest BCUT2D eigenvalue weighted by molar-refractivity contribution is 7.96. The van der Waals surface area contributed by atoms with Gasteiger partial charge in [-0.25, -0.2) is 8.57 Å². The van der Waals surface area contributed by atoms with Gasteiger partial charge in [-0.1, -0.05) is 85.1 Å². The Morgan fingerprint density at radius 3 is 2.02 bits per heavy atom. The maximum atomic E-state index is 15.1. The van der Waals surface area contributed by atoms with E-state index in [2.05, 4.69) is 81.6 Å². The second-order valence-corrected chi connectivity index (χ2v) is 27.6. The number of aliphatic hydroxyl groups is 1. The summed E-state index contributed by atoms with van der Waals surface area (Å²) < 4.78 is 33.5. The van der Waals surface area contributed by atoms with Gasteiger partial charge in [0.25, 0.3) is 0 Å². The largest absolute Gasteiger partial charge is 0.415 e. The quantitative estimate of drug-likeness (QED) is 0.245. The first kappa shape index (κ1) is 37.4. The van der Waals surface area contributed by atoms with Crippen LogP contribution < -0.4 is 0 Å². The Kier molecular flexibility index (Phi) is 12.6. The Balaban J connectivity index is 2.58. The summed E-state index contributed by atoms with van der Waals surface area (Å²) in [5, 5.41) is 13.8. The zero-order valence-corrected chi connectivity index (χ0v) is 32.2. The molecule has 2 rings (SSSR count). The summed E-state index contributed by atoms with van der Waals surface area (Å²) in [5.41, 5.74) is 2.18. The van der Waals surface area contributed by atoms with Gasteiger partial charge in [-0.15, -0.1) is 0 Å². The highest BCUT2D eigenvalue weighted by atomic mass is 32.2. The van der Waals surface area contributed by atoms with Gasteiger partial charge in [-0.2, -0.15) is 0 Å². The molecule has 1 aliphatic carbocycles. The number of aryl methyl sites for hydroxylation is 1. The second-order valence-electron chi connectivity index (χ2n) is 16.0. The van der Waals surface area contributed by atoms with Crippen LogP contribution in [0.1, 0.15) is 93.6 Å². The van der Waals surface area contributed by atoms with Gasteiger partial charge in [0, 0.05) is 11.3 Å². The molecular weight excluding hydrogens is 575 g/mol. The van der Waals surface area contributed by atoms with Crippen molar-refractivity contribution in [3.63, 3.8) is 0 Å². The molecule has 5 atom stereocenters. The van der Waals surface area contributed by atoms with E-state index in [4.69, 9.17) is 13.2 Å². The normalized spacial score (nSPS) is 22.1. The van der Waals surface area contributed by atoms with Gasteiger partial charge in [-0.05, 0) is 87.4 Å². The minimum atomic E-state index is -2.93. The van der Waals surface area contributed by atoms with Crippen LogP contribution in [0.5, 0.6) is 0 Å². The van der Waals surface area contributed by atoms with Gasteiger partial charge in [0.2, 0.25) is 0 Å². The molecule has 0 spiro atoms.